The first-order chi connectivity index (χ1) is 9.75. The Bertz CT molecular complexity index is 588. The van der Waals surface area contributed by atoms with Crippen molar-refractivity contribution >= 4 is 5.97 Å². The Kier molecular flexibility index (Phi) is 3.54. The summed E-state index contributed by atoms with van der Waals surface area (Å²) in [5, 5.41) is 0. The van der Waals surface area contributed by atoms with E-state index < -0.39 is 0 Å². The van der Waals surface area contributed by atoms with Crippen LogP contribution in [0.25, 0.3) is 0 Å². The van der Waals surface area contributed by atoms with E-state index >= 15 is 0 Å². The summed E-state index contributed by atoms with van der Waals surface area (Å²) in [4.78, 5) is 16.2. The van der Waals surface area contributed by atoms with Gasteiger partial charge in [-0.05, 0) is 31.2 Å². The molecule has 1 aliphatic rings. The van der Waals surface area contributed by atoms with E-state index in [1.807, 2.05) is 34.9 Å². The Hall–Kier alpha value is -2.10. The number of hydrogen-bond donors (Lipinski definition) is 0. The second-order valence-electron chi connectivity index (χ2n) is 5.31. The molecule has 4 heteroatoms. The predicted molar refractivity (Wildman–Crippen MR) is 75.5 cm³/mol. The first kappa shape index (κ1) is 12.9. The van der Waals surface area contributed by atoms with Gasteiger partial charge >= 0.3 is 5.97 Å². The fraction of sp³-hybridized carbons (Fsp3) is 0.375. The first-order valence-electron chi connectivity index (χ1n) is 6.99. The molecule has 3 rings (SSSR count). The van der Waals surface area contributed by atoms with Crippen molar-refractivity contribution in [3.05, 3.63) is 54.1 Å². The van der Waals surface area contributed by atoms with Crippen LogP contribution in [0.15, 0.2) is 42.9 Å². The van der Waals surface area contributed by atoms with Crippen LogP contribution in [0.2, 0.25) is 0 Å². The lowest BCUT2D eigenvalue weighted by molar-refractivity contribution is 0.0472. The van der Waals surface area contributed by atoms with Gasteiger partial charge in [0.1, 0.15) is 5.69 Å². The van der Waals surface area contributed by atoms with Crippen LogP contribution in [0.3, 0.4) is 0 Å². The van der Waals surface area contributed by atoms with E-state index in [9.17, 15) is 4.79 Å². The highest BCUT2D eigenvalue weighted by atomic mass is 16.5. The average molecular weight is 270 g/mol. The van der Waals surface area contributed by atoms with Gasteiger partial charge in [0.2, 0.25) is 0 Å². The zero-order chi connectivity index (χ0) is 13.9. The standard InChI is InChI=1S/C16H18N2O2/c1-12(14-5-3-2-4-6-14)18-11-17-9-15(18)16(19)20-10-13-7-8-13/h2-6,9,11-13H,7-8,10H2,1H3. The summed E-state index contributed by atoms with van der Waals surface area (Å²) in [5.74, 6) is 0.291. The molecule has 2 aromatic rings. The number of carbonyl (C=O) groups excluding carboxylic acids is 1. The smallest absolute Gasteiger partial charge is 0.356 e. The zero-order valence-electron chi connectivity index (χ0n) is 11.5. The number of benzene rings is 1. The van der Waals surface area contributed by atoms with Crippen molar-refractivity contribution in [3.8, 4) is 0 Å². The summed E-state index contributed by atoms with van der Waals surface area (Å²) in [7, 11) is 0. The normalized spacial score (nSPS) is 15.8. The molecule has 1 saturated carbocycles. The number of ether oxygens (including phenoxy) is 1. The van der Waals surface area contributed by atoms with E-state index in [1.165, 1.54) is 12.8 Å². The van der Waals surface area contributed by atoms with Gasteiger partial charge in [0.25, 0.3) is 0 Å². The van der Waals surface area contributed by atoms with Gasteiger partial charge in [0.15, 0.2) is 0 Å². The molecule has 0 aliphatic heterocycles. The average Bonchev–Trinajstić information content (AvgIpc) is 3.19. The molecule has 0 spiro atoms. The molecule has 1 aromatic carbocycles. The Labute approximate surface area is 118 Å². The largest absolute Gasteiger partial charge is 0.461 e. The van der Waals surface area contributed by atoms with Crippen LogP contribution >= 0.6 is 0 Å². The molecule has 0 bridgehead atoms. The maximum Gasteiger partial charge on any atom is 0.356 e. The van der Waals surface area contributed by atoms with Crippen molar-refractivity contribution in [2.24, 2.45) is 5.92 Å². The summed E-state index contributed by atoms with van der Waals surface area (Å²) in [6.07, 6.45) is 5.61. The molecular weight excluding hydrogens is 252 g/mol. The van der Waals surface area contributed by atoms with Crippen molar-refractivity contribution in [3.63, 3.8) is 0 Å². The Morgan fingerprint density at radius 3 is 2.85 bits per heavy atom. The van der Waals surface area contributed by atoms with E-state index in [0.29, 0.717) is 18.2 Å². The Morgan fingerprint density at radius 1 is 1.40 bits per heavy atom. The third-order valence-electron chi connectivity index (χ3n) is 3.72. The Balaban J connectivity index is 1.76. The molecular formula is C16H18N2O2. The number of nitrogens with zero attached hydrogens (tertiary/aromatic N) is 2. The Morgan fingerprint density at radius 2 is 2.15 bits per heavy atom. The SMILES string of the molecule is CC(c1ccccc1)n1cncc1C(=O)OCC1CC1. The van der Waals surface area contributed by atoms with Crippen molar-refractivity contribution in [2.45, 2.75) is 25.8 Å². The highest BCUT2D eigenvalue weighted by Gasteiger charge is 2.25. The van der Waals surface area contributed by atoms with Gasteiger partial charge in [-0.3, -0.25) is 0 Å². The fourth-order valence-corrected chi connectivity index (χ4v) is 2.22. The van der Waals surface area contributed by atoms with E-state index in [0.717, 1.165) is 5.56 Å². The molecule has 0 amide bonds. The molecule has 0 radical (unpaired) electrons. The molecule has 1 aliphatic carbocycles. The number of hydrogen-bond acceptors (Lipinski definition) is 3. The highest BCUT2D eigenvalue weighted by molar-refractivity contribution is 5.87. The van der Waals surface area contributed by atoms with Gasteiger partial charge in [-0.15, -0.1) is 0 Å². The summed E-state index contributed by atoms with van der Waals surface area (Å²) < 4.78 is 7.20. The zero-order valence-corrected chi connectivity index (χ0v) is 11.5. The number of rotatable bonds is 5. The van der Waals surface area contributed by atoms with E-state index in [4.69, 9.17) is 4.74 Å². The number of carbonyl (C=O) groups is 1. The minimum absolute atomic E-state index is 0.0576. The van der Waals surface area contributed by atoms with Crippen LogP contribution in [-0.4, -0.2) is 22.1 Å². The molecule has 20 heavy (non-hydrogen) atoms. The summed E-state index contributed by atoms with van der Waals surface area (Å²) in [5.41, 5.74) is 1.66. The molecule has 104 valence electrons. The van der Waals surface area contributed by atoms with Crippen molar-refractivity contribution in [2.75, 3.05) is 6.61 Å². The van der Waals surface area contributed by atoms with Crippen LogP contribution in [-0.2, 0) is 4.74 Å². The van der Waals surface area contributed by atoms with Crippen molar-refractivity contribution < 1.29 is 9.53 Å². The minimum Gasteiger partial charge on any atom is -0.461 e. The van der Waals surface area contributed by atoms with Gasteiger partial charge in [-0.1, -0.05) is 30.3 Å². The van der Waals surface area contributed by atoms with E-state index in [1.54, 1.807) is 12.5 Å². The maximum atomic E-state index is 12.1. The predicted octanol–water partition coefficient (Wildman–Crippen LogP) is 3.06. The fourth-order valence-electron chi connectivity index (χ4n) is 2.22. The van der Waals surface area contributed by atoms with E-state index in [-0.39, 0.29) is 12.0 Å². The van der Waals surface area contributed by atoms with Crippen LogP contribution in [0, 0.1) is 5.92 Å². The number of esters is 1. The summed E-state index contributed by atoms with van der Waals surface area (Å²) >= 11 is 0. The van der Waals surface area contributed by atoms with E-state index in [2.05, 4.69) is 11.9 Å². The highest BCUT2D eigenvalue weighted by Crippen LogP contribution is 2.29. The van der Waals surface area contributed by atoms with Gasteiger partial charge in [0.05, 0.1) is 25.2 Å². The molecule has 1 atom stereocenters. The molecule has 0 N–H and O–H groups in total. The summed E-state index contributed by atoms with van der Waals surface area (Å²) in [6, 6.07) is 10.1. The van der Waals surface area contributed by atoms with Crippen molar-refractivity contribution in [1.82, 2.24) is 9.55 Å². The number of imidazole rings is 1. The molecule has 4 nitrogen and oxygen atoms in total. The molecule has 0 saturated heterocycles. The first-order valence-corrected chi connectivity index (χ1v) is 6.99. The van der Waals surface area contributed by atoms with Gasteiger partial charge in [0, 0.05) is 0 Å². The van der Waals surface area contributed by atoms with Crippen LogP contribution in [0.5, 0.6) is 0 Å². The topological polar surface area (TPSA) is 44.1 Å². The van der Waals surface area contributed by atoms with Crippen LogP contribution in [0.1, 0.15) is 41.9 Å². The van der Waals surface area contributed by atoms with Gasteiger partial charge in [-0.25, -0.2) is 9.78 Å². The molecule has 1 heterocycles. The maximum absolute atomic E-state index is 12.1. The monoisotopic (exact) mass is 270 g/mol. The van der Waals surface area contributed by atoms with Crippen LogP contribution in [0.4, 0.5) is 0 Å². The summed E-state index contributed by atoms with van der Waals surface area (Å²) in [6.45, 7) is 2.58. The lowest BCUT2D eigenvalue weighted by Crippen LogP contribution is -2.16. The second kappa shape index (κ2) is 5.49. The second-order valence-corrected chi connectivity index (χ2v) is 5.31. The van der Waals surface area contributed by atoms with Gasteiger partial charge < -0.3 is 9.30 Å². The third kappa shape index (κ3) is 2.74. The molecule has 1 aromatic heterocycles. The quantitative estimate of drug-likeness (QED) is 0.784. The lowest BCUT2D eigenvalue weighted by atomic mass is 10.1. The molecule has 1 unspecified atom stereocenters. The number of aromatic nitrogens is 2. The third-order valence-corrected chi connectivity index (χ3v) is 3.72. The van der Waals surface area contributed by atoms with Gasteiger partial charge in [-0.2, -0.15) is 0 Å². The van der Waals surface area contributed by atoms with Crippen molar-refractivity contribution in [1.29, 1.82) is 0 Å². The minimum atomic E-state index is -0.280. The lowest BCUT2D eigenvalue weighted by Gasteiger charge is -2.16. The van der Waals surface area contributed by atoms with Crippen LogP contribution < -0.4 is 0 Å². The molecule has 1 fully saturated rings.